The molecule has 1 unspecified atom stereocenters. The molecule has 0 aromatic heterocycles. The van der Waals surface area contributed by atoms with E-state index in [1.54, 1.807) is 19.1 Å². The Labute approximate surface area is 116 Å². The van der Waals surface area contributed by atoms with Crippen LogP contribution in [-0.4, -0.2) is 36.9 Å². The molecule has 1 atom stereocenters. The van der Waals surface area contributed by atoms with Gasteiger partial charge in [0, 0.05) is 13.1 Å². The first-order valence-electron chi connectivity index (χ1n) is 5.75. The maximum absolute atomic E-state index is 12.4. The molecule has 2 rings (SSSR count). The van der Waals surface area contributed by atoms with Crippen LogP contribution in [0.1, 0.15) is 13.3 Å². The highest BCUT2D eigenvalue weighted by Gasteiger charge is 2.45. The smallest absolute Gasteiger partial charge is 0.310 e. The average Bonchev–Trinajstić information content (AvgIpc) is 2.74. The van der Waals surface area contributed by atoms with Gasteiger partial charge < -0.3 is 5.11 Å². The van der Waals surface area contributed by atoms with E-state index in [0.717, 1.165) is 0 Å². The van der Waals surface area contributed by atoms with E-state index >= 15 is 0 Å². The van der Waals surface area contributed by atoms with Gasteiger partial charge in [0.1, 0.15) is 4.90 Å². The Morgan fingerprint density at radius 3 is 2.58 bits per heavy atom. The summed E-state index contributed by atoms with van der Waals surface area (Å²) in [5.74, 6) is -0.982. The number of hydrogen-bond donors (Lipinski definition) is 1. The molecular weight excluding hydrogens is 290 g/mol. The predicted octanol–water partition coefficient (Wildman–Crippen LogP) is 1.83. The molecule has 104 valence electrons. The van der Waals surface area contributed by atoms with Crippen molar-refractivity contribution in [1.82, 2.24) is 4.31 Å². The highest BCUT2D eigenvalue weighted by Crippen LogP contribution is 2.35. The second-order valence-corrected chi connectivity index (χ2v) is 7.20. The first-order valence-corrected chi connectivity index (χ1v) is 7.57. The standard InChI is InChI=1S/C12H14ClNO4S/c1-12(11(15)16)6-7-14(8-12)19(17,18)10-5-3-2-4-9(10)13/h2-5H,6-8H2,1H3,(H,15,16). The summed E-state index contributed by atoms with van der Waals surface area (Å²) in [4.78, 5) is 11.2. The van der Waals surface area contributed by atoms with Crippen LogP contribution < -0.4 is 0 Å². The van der Waals surface area contributed by atoms with Gasteiger partial charge in [-0.25, -0.2) is 8.42 Å². The Morgan fingerprint density at radius 1 is 1.42 bits per heavy atom. The molecule has 1 aromatic carbocycles. The number of benzene rings is 1. The normalized spacial score (nSPS) is 24.5. The summed E-state index contributed by atoms with van der Waals surface area (Å²) >= 11 is 5.90. The second-order valence-electron chi connectivity index (χ2n) is 4.88. The van der Waals surface area contributed by atoms with E-state index in [0.29, 0.717) is 6.42 Å². The molecule has 7 heteroatoms. The van der Waals surface area contributed by atoms with E-state index in [9.17, 15) is 13.2 Å². The third-order valence-corrected chi connectivity index (χ3v) is 5.75. The molecule has 1 aliphatic heterocycles. The quantitative estimate of drug-likeness (QED) is 0.924. The van der Waals surface area contributed by atoms with Gasteiger partial charge in [0.15, 0.2) is 0 Å². The second kappa shape index (κ2) is 4.77. The lowest BCUT2D eigenvalue weighted by Gasteiger charge is -2.20. The molecule has 1 N–H and O–H groups in total. The molecule has 0 spiro atoms. The van der Waals surface area contributed by atoms with Crippen molar-refractivity contribution in [3.63, 3.8) is 0 Å². The van der Waals surface area contributed by atoms with Crippen LogP contribution in [0.5, 0.6) is 0 Å². The number of rotatable bonds is 3. The zero-order chi connectivity index (χ0) is 14.3. The summed E-state index contributed by atoms with van der Waals surface area (Å²) in [7, 11) is -3.74. The predicted molar refractivity (Wildman–Crippen MR) is 70.6 cm³/mol. The number of halogens is 1. The molecule has 1 fully saturated rings. The van der Waals surface area contributed by atoms with Crippen molar-refractivity contribution in [2.75, 3.05) is 13.1 Å². The number of sulfonamides is 1. The minimum Gasteiger partial charge on any atom is -0.481 e. The first-order chi connectivity index (χ1) is 8.77. The molecule has 0 amide bonds. The molecule has 19 heavy (non-hydrogen) atoms. The van der Waals surface area contributed by atoms with E-state index in [4.69, 9.17) is 16.7 Å². The van der Waals surface area contributed by atoms with E-state index in [-0.39, 0.29) is 23.0 Å². The van der Waals surface area contributed by atoms with E-state index < -0.39 is 21.4 Å². The van der Waals surface area contributed by atoms with Gasteiger partial charge in [-0.3, -0.25) is 4.79 Å². The monoisotopic (exact) mass is 303 g/mol. The lowest BCUT2D eigenvalue weighted by molar-refractivity contribution is -0.146. The van der Waals surface area contributed by atoms with Crippen molar-refractivity contribution in [2.24, 2.45) is 5.41 Å². The van der Waals surface area contributed by atoms with E-state index in [1.165, 1.54) is 16.4 Å². The van der Waals surface area contributed by atoms with Crippen molar-refractivity contribution in [2.45, 2.75) is 18.2 Å². The largest absolute Gasteiger partial charge is 0.481 e. The van der Waals surface area contributed by atoms with Crippen LogP contribution in [0.3, 0.4) is 0 Å². The van der Waals surface area contributed by atoms with Crippen molar-refractivity contribution < 1.29 is 18.3 Å². The topological polar surface area (TPSA) is 74.7 Å². The molecule has 0 aliphatic carbocycles. The van der Waals surface area contributed by atoms with Crippen LogP contribution in [0.15, 0.2) is 29.2 Å². The van der Waals surface area contributed by atoms with Gasteiger partial charge in [0.05, 0.1) is 10.4 Å². The third kappa shape index (κ3) is 2.48. The van der Waals surface area contributed by atoms with Crippen LogP contribution in [0.2, 0.25) is 5.02 Å². The summed E-state index contributed by atoms with van der Waals surface area (Å²) in [6.45, 7) is 1.71. The average molecular weight is 304 g/mol. The summed E-state index contributed by atoms with van der Waals surface area (Å²) in [6, 6.07) is 6.16. The Kier molecular flexibility index (Phi) is 3.59. The van der Waals surface area contributed by atoms with Gasteiger partial charge in [-0.2, -0.15) is 4.31 Å². The summed E-state index contributed by atoms with van der Waals surface area (Å²) in [5.41, 5.74) is -1.03. The minimum atomic E-state index is -3.74. The van der Waals surface area contributed by atoms with Crippen molar-refractivity contribution in [1.29, 1.82) is 0 Å². The lowest BCUT2D eigenvalue weighted by atomic mass is 9.90. The van der Waals surface area contributed by atoms with Crippen LogP contribution >= 0.6 is 11.6 Å². The molecule has 1 aliphatic rings. The number of carbonyl (C=O) groups is 1. The van der Waals surface area contributed by atoms with Crippen LogP contribution in [0, 0.1) is 5.41 Å². The first kappa shape index (κ1) is 14.3. The van der Waals surface area contributed by atoms with Gasteiger partial charge in [-0.05, 0) is 25.5 Å². The zero-order valence-corrected chi connectivity index (χ0v) is 11.9. The van der Waals surface area contributed by atoms with Crippen LogP contribution in [0.25, 0.3) is 0 Å². The van der Waals surface area contributed by atoms with E-state index in [1.807, 2.05) is 0 Å². The summed E-state index contributed by atoms with van der Waals surface area (Å²) in [6.07, 6.45) is 0.298. The Morgan fingerprint density at radius 2 is 2.05 bits per heavy atom. The number of hydrogen-bond acceptors (Lipinski definition) is 3. The summed E-state index contributed by atoms with van der Waals surface area (Å²) in [5, 5.41) is 9.28. The van der Waals surface area contributed by atoms with Gasteiger partial charge in [-0.1, -0.05) is 23.7 Å². The highest BCUT2D eigenvalue weighted by molar-refractivity contribution is 7.89. The number of carboxylic acids is 1. The van der Waals surface area contributed by atoms with Gasteiger partial charge >= 0.3 is 5.97 Å². The Bertz CT molecular complexity index is 616. The van der Waals surface area contributed by atoms with Gasteiger partial charge in [-0.15, -0.1) is 0 Å². The number of aliphatic carboxylic acids is 1. The summed E-state index contributed by atoms with van der Waals surface area (Å²) < 4.78 is 26.0. The highest BCUT2D eigenvalue weighted by atomic mass is 35.5. The van der Waals surface area contributed by atoms with Crippen molar-refractivity contribution in [3.8, 4) is 0 Å². The number of carboxylic acid groups (broad SMARTS) is 1. The molecule has 1 saturated heterocycles. The van der Waals surface area contributed by atoms with Crippen LogP contribution in [0.4, 0.5) is 0 Å². The van der Waals surface area contributed by atoms with Crippen molar-refractivity contribution >= 4 is 27.6 Å². The third-order valence-electron chi connectivity index (χ3n) is 3.41. The lowest BCUT2D eigenvalue weighted by Crippen LogP contribution is -2.35. The SMILES string of the molecule is CC1(C(=O)O)CCN(S(=O)(=O)c2ccccc2Cl)C1. The van der Waals surface area contributed by atoms with Crippen LogP contribution in [-0.2, 0) is 14.8 Å². The zero-order valence-electron chi connectivity index (χ0n) is 10.3. The molecule has 1 heterocycles. The fourth-order valence-electron chi connectivity index (χ4n) is 2.09. The molecular formula is C12H14ClNO4S. The fraction of sp³-hybridized carbons (Fsp3) is 0.417. The molecule has 5 nitrogen and oxygen atoms in total. The minimum absolute atomic E-state index is 0.0197. The molecule has 0 saturated carbocycles. The van der Waals surface area contributed by atoms with Gasteiger partial charge in [0.25, 0.3) is 0 Å². The molecule has 0 bridgehead atoms. The Balaban J connectivity index is 2.34. The molecule has 0 radical (unpaired) electrons. The molecule has 1 aromatic rings. The maximum atomic E-state index is 12.4. The van der Waals surface area contributed by atoms with E-state index in [2.05, 4.69) is 0 Å². The van der Waals surface area contributed by atoms with Crippen molar-refractivity contribution in [3.05, 3.63) is 29.3 Å². The maximum Gasteiger partial charge on any atom is 0.310 e. The fourth-order valence-corrected chi connectivity index (χ4v) is 4.15. The number of nitrogens with zero attached hydrogens (tertiary/aromatic N) is 1. The van der Waals surface area contributed by atoms with Gasteiger partial charge in [0.2, 0.25) is 10.0 Å². The Hall–Kier alpha value is -1.11.